The van der Waals surface area contributed by atoms with Gasteiger partial charge in [0.05, 0.1) is 21.4 Å². The molecule has 1 amide bonds. The highest BCUT2D eigenvalue weighted by Crippen LogP contribution is 2.30. The lowest BCUT2D eigenvalue weighted by atomic mass is 9.96. The Morgan fingerprint density at radius 1 is 1.27 bits per heavy atom. The molecule has 2 aromatic rings. The van der Waals surface area contributed by atoms with E-state index in [4.69, 9.17) is 11.6 Å². The van der Waals surface area contributed by atoms with Crippen LogP contribution in [0, 0.1) is 0 Å². The zero-order chi connectivity index (χ0) is 21.7. The van der Waals surface area contributed by atoms with Crippen LogP contribution in [-0.2, 0) is 14.8 Å². The average molecular weight is 490 g/mol. The van der Waals surface area contributed by atoms with E-state index >= 15 is 0 Å². The minimum atomic E-state index is -3.62. The van der Waals surface area contributed by atoms with Gasteiger partial charge in [0.25, 0.3) is 0 Å². The van der Waals surface area contributed by atoms with Crippen molar-refractivity contribution in [3.05, 3.63) is 23.2 Å². The molecule has 0 spiro atoms. The number of thioether (sulfide) groups is 1. The Balaban J connectivity index is 1.56. The number of nitrogens with zero attached hydrogens (tertiary/aromatic N) is 3. The summed E-state index contributed by atoms with van der Waals surface area (Å²) in [5.41, 5.74) is 0.252. The van der Waals surface area contributed by atoms with Crippen LogP contribution < -0.4 is 10.6 Å². The molecule has 2 N–H and O–H groups in total. The molecule has 1 heterocycles. The summed E-state index contributed by atoms with van der Waals surface area (Å²) >= 11 is 8.82. The largest absolute Gasteiger partial charge is 0.357 e. The third-order valence-electron chi connectivity index (χ3n) is 4.66. The first-order chi connectivity index (χ1) is 14.3. The number of anilines is 2. The van der Waals surface area contributed by atoms with Gasteiger partial charge >= 0.3 is 0 Å². The van der Waals surface area contributed by atoms with Crippen molar-refractivity contribution in [2.75, 3.05) is 30.5 Å². The number of carbonyl (C=O) groups is 1. The van der Waals surface area contributed by atoms with Crippen molar-refractivity contribution in [2.45, 2.75) is 47.4 Å². The Morgan fingerprint density at radius 2 is 2.00 bits per heavy atom. The molecular weight excluding hydrogens is 466 g/mol. The van der Waals surface area contributed by atoms with E-state index in [1.165, 1.54) is 74.7 Å². The summed E-state index contributed by atoms with van der Waals surface area (Å²) in [5, 5.41) is 15.4. The fraction of sp³-hybridized carbons (Fsp3) is 0.500. The number of benzene rings is 1. The van der Waals surface area contributed by atoms with Gasteiger partial charge in [-0.05, 0) is 31.0 Å². The van der Waals surface area contributed by atoms with Gasteiger partial charge in [0.2, 0.25) is 21.1 Å². The van der Waals surface area contributed by atoms with Crippen LogP contribution in [0.3, 0.4) is 0 Å². The number of hydrogen-bond acceptors (Lipinski definition) is 8. The summed E-state index contributed by atoms with van der Waals surface area (Å²) in [6.07, 6.45) is 6.05. The van der Waals surface area contributed by atoms with Gasteiger partial charge in [-0.15, -0.1) is 10.2 Å². The summed E-state index contributed by atoms with van der Waals surface area (Å²) in [4.78, 5) is 12.4. The van der Waals surface area contributed by atoms with Crippen LogP contribution >= 0.6 is 34.7 Å². The molecule has 30 heavy (non-hydrogen) atoms. The number of halogens is 1. The van der Waals surface area contributed by atoms with E-state index in [0.717, 1.165) is 22.3 Å². The molecule has 3 rings (SSSR count). The highest BCUT2D eigenvalue weighted by atomic mass is 35.5. The van der Waals surface area contributed by atoms with Gasteiger partial charge in [-0.1, -0.05) is 54.0 Å². The molecule has 0 radical (unpaired) electrons. The van der Waals surface area contributed by atoms with E-state index in [-0.39, 0.29) is 27.3 Å². The van der Waals surface area contributed by atoms with Crippen LogP contribution in [0.15, 0.2) is 27.4 Å². The van der Waals surface area contributed by atoms with Crippen molar-refractivity contribution in [1.29, 1.82) is 0 Å². The van der Waals surface area contributed by atoms with Crippen molar-refractivity contribution >= 4 is 61.4 Å². The van der Waals surface area contributed by atoms with Crippen LogP contribution in [0.25, 0.3) is 0 Å². The van der Waals surface area contributed by atoms with Gasteiger partial charge in [-0.25, -0.2) is 12.7 Å². The number of aromatic nitrogens is 2. The maximum absolute atomic E-state index is 12.3. The van der Waals surface area contributed by atoms with Gasteiger partial charge in [-0.2, -0.15) is 0 Å². The van der Waals surface area contributed by atoms with Crippen molar-refractivity contribution in [1.82, 2.24) is 14.5 Å². The van der Waals surface area contributed by atoms with Crippen molar-refractivity contribution in [2.24, 2.45) is 0 Å². The first kappa shape index (κ1) is 23.3. The smallest absolute Gasteiger partial charge is 0.242 e. The number of nitrogens with one attached hydrogen (secondary N) is 2. The van der Waals surface area contributed by atoms with Gasteiger partial charge in [0, 0.05) is 20.1 Å². The summed E-state index contributed by atoms with van der Waals surface area (Å²) in [6.45, 7) is 0. The number of sulfonamides is 1. The van der Waals surface area contributed by atoms with E-state index in [1.54, 1.807) is 0 Å². The minimum absolute atomic E-state index is 0.0578. The third-order valence-corrected chi connectivity index (χ3v) is 8.78. The lowest BCUT2D eigenvalue weighted by molar-refractivity contribution is -0.113. The second-order valence-corrected chi connectivity index (χ2v) is 11.9. The fourth-order valence-corrected chi connectivity index (χ4v) is 5.76. The summed E-state index contributed by atoms with van der Waals surface area (Å²) < 4.78 is 26.4. The normalized spacial score (nSPS) is 15.3. The van der Waals surface area contributed by atoms with E-state index < -0.39 is 10.0 Å². The molecule has 12 heteroatoms. The Hall–Kier alpha value is -1.40. The minimum Gasteiger partial charge on any atom is -0.357 e. The molecule has 0 aliphatic heterocycles. The third kappa shape index (κ3) is 6.07. The molecule has 0 unspecified atom stereocenters. The lowest BCUT2D eigenvalue weighted by Crippen LogP contribution is -2.22. The van der Waals surface area contributed by atoms with Crippen molar-refractivity contribution < 1.29 is 13.2 Å². The van der Waals surface area contributed by atoms with Gasteiger partial charge in [-0.3, -0.25) is 4.79 Å². The molecule has 1 aromatic heterocycles. The molecule has 1 saturated carbocycles. The van der Waals surface area contributed by atoms with Crippen LogP contribution in [0.2, 0.25) is 5.02 Å². The molecular formula is C18H24ClN5O3S3. The highest BCUT2D eigenvalue weighted by molar-refractivity contribution is 8.01. The second kappa shape index (κ2) is 10.3. The molecule has 1 aromatic carbocycles. The molecule has 1 fully saturated rings. The SMILES string of the molecule is CN(C)S(=O)(=O)c1ccc(Cl)c(NC(=O)CSc2nnc(NC3CCCCC3)s2)c1. The fourth-order valence-electron chi connectivity index (χ4n) is 3.03. The molecule has 8 nitrogen and oxygen atoms in total. The van der Waals surface area contributed by atoms with Crippen LogP contribution in [0.4, 0.5) is 10.8 Å². The summed E-state index contributed by atoms with van der Waals surface area (Å²) in [5.74, 6) is -0.197. The quantitative estimate of drug-likeness (QED) is 0.541. The Labute approximate surface area is 189 Å². The van der Waals surface area contributed by atoms with E-state index in [2.05, 4.69) is 20.8 Å². The lowest BCUT2D eigenvalue weighted by Gasteiger charge is -2.21. The molecule has 164 valence electrons. The highest BCUT2D eigenvalue weighted by Gasteiger charge is 2.20. The zero-order valence-corrected chi connectivity index (χ0v) is 19.9. The first-order valence-electron chi connectivity index (χ1n) is 9.50. The zero-order valence-electron chi connectivity index (χ0n) is 16.7. The maximum atomic E-state index is 12.3. The number of carbonyl (C=O) groups excluding carboxylic acids is 1. The van der Waals surface area contributed by atoms with E-state index in [1.807, 2.05) is 0 Å². The van der Waals surface area contributed by atoms with Gasteiger partial charge in [0.15, 0.2) is 4.34 Å². The van der Waals surface area contributed by atoms with Gasteiger partial charge in [0.1, 0.15) is 0 Å². The molecule has 0 bridgehead atoms. The van der Waals surface area contributed by atoms with E-state index in [0.29, 0.717) is 10.4 Å². The summed E-state index contributed by atoms with van der Waals surface area (Å²) in [6, 6.07) is 4.66. The van der Waals surface area contributed by atoms with E-state index in [9.17, 15) is 13.2 Å². The number of hydrogen-bond donors (Lipinski definition) is 2. The second-order valence-electron chi connectivity index (χ2n) is 7.12. The standard InChI is InChI=1S/C18H24ClN5O3S3/c1-24(2)30(26,27)13-8-9-14(19)15(10-13)21-16(25)11-28-18-23-22-17(29-18)20-12-6-4-3-5-7-12/h8-10,12H,3-7,11H2,1-2H3,(H,20,22)(H,21,25). The number of amides is 1. The monoisotopic (exact) mass is 489 g/mol. The average Bonchev–Trinajstić information content (AvgIpc) is 3.16. The molecule has 0 saturated heterocycles. The maximum Gasteiger partial charge on any atom is 0.242 e. The predicted octanol–water partition coefficient (Wildman–Crippen LogP) is 3.92. The summed E-state index contributed by atoms with van der Waals surface area (Å²) in [7, 11) is -0.737. The van der Waals surface area contributed by atoms with Crippen LogP contribution in [-0.4, -0.2) is 54.7 Å². The molecule has 1 aliphatic carbocycles. The number of rotatable bonds is 8. The topological polar surface area (TPSA) is 104 Å². The van der Waals surface area contributed by atoms with Gasteiger partial charge < -0.3 is 10.6 Å². The predicted molar refractivity (Wildman–Crippen MR) is 122 cm³/mol. The Morgan fingerprint density at radius 3 is 2.70 bits per heavy atom. The van der Waals surface area contributed by atoms with Crippen LogP contribution in [0.5, 0.6) is 0 Å². The first-order valence-corrected chi connectivity index (χ1v) is 13.1. The Bertz CT molecular complexity index is 991. The van der Waals surface area contributed by atoms with Crippen molar-refractivity contribution in [3.8, 4) is 0 Å². The Kier molecular flexibility index (Phi) is 7.97. The molecule has 0 atom stereocenters. The van der Waals surface area contributed by atoms with Crippen LogP contribution in [0.1, 0.15) is 32.1 Å². The molecule has 1 aliphatic rings. The van der Waals surface area contributed by atoms with Crippen molar-refractivity contribution in [3.63, 3.8) is 0 Å².